The average molecular weight is 314 g/mol. The minimum Gasteiger partial charge on any atom is -0.207 e. The number of hydrogen-bond acceptors (Lipinski definition) is 2. The van der Waals surface area contributed by atoms with Crippen LogP contribution in [0.2, 0.25) is 0 Å². The van der Waals surface area contributed by atoms with Crippen LogP contribution in [0.5, 0.6) is 0 Å². The Balaban J connectivity index is 2.01. The van der Waals surface area contributed by atoms with Gasteiger partial charge in [-0.15, -0.1) is 0 Å². The fraction of sp³-hybridized carbons (Fsp3) is 0.0476. The second kappa shape index (κ2) is 6.20. The van der Waals surface area contributed by atoms with Crippen molar-refractivity contribution in [1.29, 1.82) is 0 Å². The quantitative estimate of drug-likeness (QED) is 0.535. The Morgan fingerprint density at radius 2 is 1.46 bits per heavy atom. The Labute approximate surface area is 139 Å². The van der Waals surface area contributed by atoms with E-state index in [4.69, 9.17) is 0 Å². The summed E-state index contributed by atoms with van der Waals surface area (Å²) < 4.78 is 14.6. The molecular weight excluding hydrogens is 299 g/mol. The molecule has 0 aliphatic rings. The molecule has 1 unspecified atom stereocenters. The van der Waals surface area contributed by atoms with E-state index in [-0.39, 0.29) is 11.7 Å². The van der Waals surface area contributed by atoms with Gasteiger partial charge in [-0.2, -0.15) is 10.2 Å². The summed E-state index contributed by atoms with van der Waals surface area (Å²) in [7, 11) is 0. The molecule has 0 bridgehead atoms. The zero-order valence-corrected chi connectivity index (χ0v) is 12.9. The maximum atomic E-state index is 14.6. The highest BCUT2D eigenvalue weighted by atomic mass is 19.1. The van der Waals surface area contributed by atoms with E-state index >= 15 is 0 Å². The highest BCUT2D eigenvalue weighted by Gasteiger charge is 2.23. The molecule has 3 aromatic carbocycles. The number of rotatable bonds is 3. The predicted octanol–water partition coefficient (Wildman–Crippen LogP) is 4.95. The summed E-state index contributed by atoms with van der Waals surface area (Å²) in [5.41, 5.74) is 2.37. The van der Waals surface area contributed by atoms with E-state index in [1.54, 1.807) is 12.3 Å². The molecule has 0 aliphatic heterocycles. The molecule has 3 heteroatoms. The molecule has 0 amide bonds. The van der Waals surface area contributed by atoms with Crippen molar-refractivity contribution in [2.45, 2.75) is 5.92 Å². The molecule has 0 saturated heterocycles. The Kier molecular flexibility index (Phi) is 3.75. The number of hydrogen-bond donors (Lipinski definition) is 0. The lowest BCUT2D eigenvalue weighted by Gasteiger charge is -2.19. The zero-order valence-electron chi connectivity index (χ0n) is 12.9. The minimum absolute atomic E-state index is 0.235. The van der Waals surface area contributed by atoms with Crippen molar-refractivity contribution >= 4 is 10.8 Å². The number of halogens is 1. The Morgan fingerprint density at radius 1 is 0.750 bits per heavy atom. The SMILES string of the molecule is Fc1ccccc1C(c1ccccc1)c1nncc2ccccc12. The molecule has 4 aromatic rings. The van der Waals surface area contributed by atoms with Crippen LogP contribution in [0.15, 0.2) is 85.1 Å². The lowest BCUT2D eigenvalue weighted by atomic mass is 9.86. The highest BCUT2D eigenvalue weighted by Crippen LogP contribution is 2.35. The summed E-state index contributed by atoms with van der Waals surface area (Å²) in [6.45, 7) is 0. The fourth-order valence-corrected chi connectivity index (χ4v) is 3.10. The molecule has 2 nitrogen and oxygen atoms in total. The van der Waals surface area contributed by atoms with Crippen LogP contribution >= 0.6 is 0 Å². The molecule has 1 atom stereocenters. The van der Waals surface area contributed by atoms with Crippen molar-refractivity contribution in [3.8, 4) is 0 Å². The standard InChI is InChI=1S/C21H15FN2/c22-19-13-7-6-12-18(19)20(15-8-2-1-3-9-15)21-17-11-5-4-10-16(17)14-23-24-21/h1-14,20H. The maximum absolute atomic E-state index is 14.6. The smallest absolute Gasteiger partial charge is 0.127 e. The van der Waals surface area contributed by atoms with Gasteiger partial charge >= 0.3 is 0 Å². The van der Waals surface area contributed by atoms with Gasteiger partial charge in [-0.3, -0.25) is 0 Å². The van der Waals surface area contributed by atoms with E-state index in [0.717, 1.165) is 22.0 Å². The summed E-state index contributed by atoms with van der Waals surface area (Å²) in [6, 6.07) is 24.7. The van der Waals surface area contributed by atoms with Crippen molar-refractivity contribution < 1.29 is 4.39 Å². The third kappa shape index (κ3) is 2.54. The first kappa shape index (κ1) is 14.5. The largest absolute Gasteiger partial charge is 0.207 e. The van der Waals surface area contributed by atoms with Crippen molar-refractivity contribution in [3.05, 3.63) is 108 Å². The number of nitrogens with zero attached hydrogens (tertiary/aromatic N) is 2. The van der Waals surface area contributed by atoms with Crippen LogP contribution in [-0.4, -0.2) is 10.2 Å². The second-order valence-electron chi connectivity index (χ2n) is 5.68. The minimum atomic E-state index is -0.300. The molecule has 0 aliphatic carbocycles. The third-order valence-corrected chi connectivity index (χ3v) is 4.22. The number of fused-ring (bicyclic) bond motifs is 1. The summed E-state index contributed by atoms with van der Waals surface area (Å²) in [5.74, 6) is -0.535. The van der Waals surface area contributed by atoms with Crippen LogP contribution in [0.25, 0.3) is 10.8 Å². The van der Waals surface area contributed by atoms with Crippen molar-refractivity contribution in [2.75, 3.05) is 0 Å². The van der Waals surface area contributed by atoms with Gasteiger partial charge in [0.05, 0.1) is 17.8 Å². The Hall–Kier alpha value is -3.07. The first-order chi connectivity index (χ1) is 11.8. The van der Waals surface area contributed by atoms with Gasteiger partial charge in [0, 0.05) is 16.3 Å². The van der Waals surface area contributed by atoms with Gasteiger partial charge in [0.15, 0.2) is 0 Å². The summed E-state index contributed by atoms with van der Waals surface area (Å²) in [4.78, 5) is 0. The highest BCUT2D eigenvalue weighted by molar-refractivity contribution is 5.84. The van der Waals surface area contributed by atoms with Crippen molar-refractivity contribution in [2.24, 2.45) is 0 Å². The van der Waals surface area contributed by atoms with Gasteiger partial charge in [-0.1, -0.05) is 72.8 Å². The van der Waals surface area contributed by atoms with E-state index in [9.17, 15) is 4.39 Å². The first-order valence-electron chi connectivity index (χ1n) is 7.84. The maximum Gasteiger partial charge on any atom is 0.127 e. The van der Waals surface area contributed by atoms with Gasteiger partial charge < -0.3 is 0 Å². The van der Waals surface area contributed by atoms with Gasteiger partial charge in [0.1, 0.15) is 5.82 Å². The fourth-order valence-electron chi connectivity index (χ4n) is 3.10. The molecule has 0 spiro atoms. The Morgan fingerprint density at radius 3 is 2.29 bits per heavy atom. The van der Waals surface area contributed by atoms with Gasteiger partial charge in [0.25, 0.3) is 0 Å². The van der Waals surface area contributed by atoms with Gasteiger partial charge in [-0.05, 0) is 11.6 Å². The second-order valence-corrected chi connectivity index (χ2v) is 5.68. The summed E-state index contributed by atoms with van der Waals surface area (Å²) >= 11 is 0. The third-order valence-electron chi connectivity index (χ3n) is 4.22. The molecule has 24 heavy (non-hydrogen) atoms. The summed E-state index contributed by atoms with van der Waals surface area (Å²) in [5, 5.41) is 10.5. The lowest BCUT2D eigenvalue weighted by Crippen LogP contribution is -2.09. The van der Waals surface area contributed by atoms with E-state index in [1.807, 2.05) is 66.7 Å². The van der Waals surface area contributed by atoms with Crippen molar-refractivity contribution in [3.63, 3.8) is 0 Å². The lowest BCUT2D eigenvalue weighted by molar-refractivity contribution is 0.605. The normalized spacial score (nSPS) is 12.2. The molecule has 1 aromatic heterocycles. The monoisotopic (exact) mass is 314 g/mol. The number of benzene rings is 3. The van der Waals surface area contributed by atoms with E-state index in [0.29, 0.717) is 5.56 Å². The topological polar surface area (TPSA) is 25.8 Å². The van der Waals surface area contributed by atoms with Gasteiger partial charge in [-0.25, -0.2) is 4.39 Å². The zero-order chi connectivity index (χ0) is 16.4. The van der Waals surface area contributed by atoms with Crippen LogP contribution < -0.4 is 0 Å². The molecule has 0 saturated carbocycles. The predicted molar refractivity (Wildman–Crippen MR) is 93.3 cm³/mol. The van der Waals surface area contributed by atoms with E-state index in [2.05, 4.69) is 10.2 Å². The first-order valence-corrected chi connectivity index (χ1v) is 7.84. The molecule has 116 valence electrons. The molecule has 0 fully saturated rings. The van der Waals surface area contributed by atoms with E-state index in [1.165, 1.54) is 6.07 Å². The molecule has 0 radical (unpaired) electrons. The van der Waals surface area contributed by atoms with Crippen LogP contribution in [0.4, 0.5) is 4.39 Å². The van der Waals surface area contributed by atoms with Crippen molar-refractivity contribution in [1.82, 2.24) is 10.2 Å². The van der Waals surface area contributed by atoms with E-state index < -0.39 is 0 Å². The average Bonchev–Trinajstić information content (AvgIpc) is 2.65. The van der Waals surface area contributed by atoms with Crippen LogP contribution in [0, 0.1) is 5.82 Å². The molecule has 4 rings (SSSR count). The Bertz CT molecular complexity index is 978. The van der Waals surface area contributed by atoms with Crippen LogP contribution in [-0.2, 0) is 0 Å². The molecule has 0 N–H and O–H groups in total. The van der Waals surface area contributed by atoms with Gasteiger partial charge in [0.2, 0.25) is 0 Å². The number of aromatic nitrogens is 2. The van der Waals surface area contributed by atoms with Crippen LogP contribution in [0.1, 0.15) is 22.7 Å². The van der Waals surface area contributed by atoms with Crippen LogP contribution in [0.3, 0.4) is 0 Å². The molecule has 1 heterocycles. The molecular formula is C21H15FN2. The summed E-state index contributed by atoms with van der Waals surface area (Å²) in [6.07, 6.45) is 1.74.